The predicted octanol–water partition coefficient (Wildman–Crippen LogP) is 4.80. The number of rotatable bonds is 4. The highest BCUT2D eigenvalue weighted by Crippen LogP contribution is 2.26. The van der Waals surface area contributed by atoms with Gasteiger partial charge in [0.25, 0.3) is 0 Å². The van der Waals surface area contributed by atoms with Crippen molar-refractivity contribution in [2.45, 2.75) is 26.5 Å². The van der Waals surface area contributed by atoms with Crippen molar-refractivity contribution in [2.24, 2.45) is 0 Å². The molecule has 3 aromatic carbocycles. The molecule has 1 aromatic heterocycles. The summed E-state index contributed by atoms with van der Waals surface area (Å²) in [6.45, 7) is 3.97. The van der Waals surface area contributed by atoms with Gasteiger partial charge in [0, 0.05) is 0 Å². The van der Waals surface area contributed by atoms with Crippen molar-refractivity contribution >= 4 is 27.8 Å². The molecular formula is C22H20N2O2. The Kier molecular flexibility index (Phi) is 4.17. The van der Waals surface area contributed by atoms with Gasteiger partial charge in [0.2, 0.25) is 0 Å². The number of benzene rings is 3. The van der Waals surface area contributed by atoms with Crippen LogP contribution in [0.5, 0.6) is 0 Å². The third kappa shape index (κ3) is 2.94. The summed E-state index contributed by atoms with van der Waals surface area (Å²) in [7, 11) is 0. The first-order chi connectivity index (χ1) is 12.6. The number of hydrogen-bond acceptors (Lipinski definition) is 3. The lowest BCUT2D eigenvalue weighted by molar-refractivity contribution is -0.149. The molecule has 0 saturated carbocycles. The lowest BCUT2D eigenvalue weighted by atomic mass is 10.0. The third-order valence-corrected chi connectivity index (χ3v) is 4.70. The highest BCUT2D eigenvalue weighted by Gasteiger charge is 2.16. The SMILES string of the molecule is Cc1nc2ccccc2n1CC(=O)O[C@@H](C)c1cccc2ccccc12. The summed E-state index contributed by atoms with van der Waals surface area (Å²) in [4.78, 5) is 17.1. The molecule has 0 saturated heterocycles. The van der Waals surface area contributed by atoms with Gasteiger partial charge in [0.15, 0.2) is 0 Å². The number of ether oxygens (including phenoxy) is 1. The molecular weight excluding hydrogens is 324 g/mol. The smallest absolute Gasteiger partial charge is 0.326 e. The minimum atomic E-state index is -0.316. The van der Waals surface area contributed by atoms with E-state index >= 15 is 0 Å². The first kappa shape index (κ1) is 16.3. The second-order valence-electron chi connectivity index (χ2n) is 6.43. The van der Waals surface area contributed by atoms with Crippen molar-refractivity contribution in [3.8, 4) is 0 Å². The molecule has 26 heavy (non-hydrogen) atoms. The molecule has 0 aliphatic heterocycles. The molecule has 0 bridgehead atoms. The van der Waals surface area contributed by atoms with E-state index in [0.29, 0.717) is 0 Å². The summed E-state index contributed by atoms with van der Waals surface area (Å²) in [5.74, 6) is 0.539. The molecule has 4 aromatic rings. The molecule has 1 heterocycles. The molecule has 4 rings (SSSR count). The molecule has 0 radical (unpaired) electrons. The van der Waals surface area contributed by atoms with E-state index in [1.165, 1.54) is 0 Å². The highest BCUT2D eigenvalue weighted by atomic mass is 16.5. The first-order valence-electron chi connectivity index (χ1n) is 8.72. The number of imidazole rings is 1. The van der Waals surface area contributed by atoms with E-state index in [2.05, 4.69) is 23.2 Å². The summed E-state index contributed by atoms with van der Waals surface area (Å²) in [5, 5.41) is 2.25. The molecule has 4 heteroatoms. The monoisotopic (exact) mass is 344 g/mol. The largest absolute Gasteiger partial charge is 0.456 e. The zero-order chi connectivity index (χ0) is 18.1. The van der Waals surface area contributed by atoms with Crippen LogP contribution in [-0.2, 0) is 16.1 Å². The Balaban J connectivity index is 1.57. The van der Waals surface area contributed by atoms with E-state index in [9.17, 15) is 4.79 Å². The Morgan fingerprint density at radius 3 is 2.65 bits per heavy atom. The fraction of sp³-hybridized carbons (Fsp3) is 0.182. The maximum atomic E-state index is 12.6. The summed E-state index contributed by atoms with van der Waals surface area (Å²) >= 11 is 0. The van der Waals surface area contributed by atoms with Crippen LogP contribution in [0.3, 0.4) is 0 Å². The average molecular weight is 344 g/mol. The number of nitrogens with zero attached hydrogens (tertiary/aromatic N) is 2. The average Bonchev–Trinajstić information content (AvgIpc) is 2.96. The van der Waals surface area contributed by atoms with Crippen LogP contribution in [0.2, 0.25) is 0 Å². The van der Waals surface area contributed by atoms with Gasteiger partial charge in [-0.2, -0.15) is 0 Å². The van der Waals surface area contributed by atoms with Gasteiger partial charge < -0.3 is 9.30 Å². The Morgan fingerprint density at radius 2 is 1.77 bits per heavy atom. The van der Waals surface area contributed by atoms with Gasteiger partial charge in [-0.3, -0.25) is 4.79 Å². The Morgan fingerprint density at radius 1 is 1.04 bits per heavy atom. The van der Waals surface area contributed by atoms with Crippen molar-refractivity contribution in [3.05, 3.63) is 78.1 Å². The number of carbonyl (C=O) groups excluding carboxylic acids is 1. The van der Waals surface area contributed by atoms with Crippen molar-refractivity contribution in [1.82, 2.24) is 9.55 Å². The summed E-state index contributed by atoms with van der Waals surface area (Å²) < 4.78 is 7.63. The predicted molar refractivity (Wildman–Crippen MR) is 103 cm³/mol. The zero-order valence-electron chi connectivity index (χ0n) is 14.8. The minimum Gasteiger partial charge on any atom is -0.456 e. The van der Waals surface area contributed by atoms with Crippen molar-refractivity contribution in [3.63, 3.8) is 0 Å². The number of aromatic nitrogens is 2. The Labute approximate surface area is 152 Å². The minimum absolute atomic E-state index is 0.154. The van der Waals surface area contributed by atoms with Gasteiger partial charge in [-0.15, -0.1) is 0 Å². The first-order valence-corrected chi connectivity index (χ1v) is 8.72. The molecule has 0 aliphatic carbocycles. The molecule has 4 nitrogen and oxygen atoms in total. The molecule has 0 fully saturated rings. The second-order valence-corrected chi connectivity index (χ2v) is 6.43. The number of hydrogen-bond donors (Lipinski definition) is 0. The maximum Gasteiger partial charge on any atom is 0.326 e. The molecule has 0 unspecified atom stereocenters. The standard InChI is InChI=1S/C22H20N2O2/c1-15(18-11-7-9-17-8-3-4-10-19(17)18)26-22(25)14-24-16(2)23-20-12-5-6-13-21(20)24/h3-13,15H,14H2,1-2H3/t15-/m0/s1. The fourth-order valence-electron chi connectivity index (χ4n) is 3.43. The third-order valence-electron chi connectivity index (χ3n) is 4.70. The number of para-hydroxylation sites is 2. The van der Waals surface area contributed by atoms with Crippen LogP contribution in [0.4, 0.5) is 0 Å². The van der Waals surface area contributed by atoms with E-state index < -0.39 is 0 Å². The van der Waals surface area contributed by atoms with Gasteiger partial charge >= 0.3 is 5.97 Å². The molecule has 130 valence electrons. The summed E-state index contributed by atoms with van der Waals surface area (Å²) in [5.41, 5.74) is 2.85. The van der Waals surface area contributed by atoms with Gasteiger partial charge in [0.1, 0.15) is 18.5 Å². The topological polar surface area (TPSA) is 44.1 Å². The van der Waals surface area contributed by atoms with E-state index in [4.69, 9.17) is 4.74 Å². The number of esters is 1. The molecule has 0 spiro atoms. The van der Waals surface area contributed by atoms with Crippen molar-refractivity contribution in [1.29, 1.82) is 0 Å². The van der Waals surface area contributed by atoms with Crippen LogP contribution in [0.25, 0.3) is 21.8 Å². The van der Waals surface area contributed by atoms with Crippen LogP contribution in [0.15, 0.2) is 66.7 Å². The number of aryl methyl sites for hydroxylation is 1. The van der Waals surface area contributed by atoms with Gasteiger partial charge in [0.05, 0.1) is 11.0 Å². The Bertz CT molecular complexity index is 1090. The second kappa shape index (κ2) is 6.64. The maximum absolute atomic E-state index is 12.6. The normalized spacial score (nSPS) is 12.4. The molecule has 0 aliphatic rings. The van der Waals surface area contributed by atoms with Gasteiger partial charge in [-0.25, -0.2) is 4.98 Å². The molecule has 0 amide bonds. The number of carbonyl (C=O) groups is 1. The van der Waals surface area contributed by atoms with Crippen molar-refractivity contribution < 1.29 is 9.53 Å². The van der Waals surface area contributed by atoms with Crippen LogP contribution >= 0.6 is 0 Å². The summed E-state index contributed by atoms with van der Waals surface area (Å²) in [6.07, 6.45) is -0.316. The van der Waals surface area contributed by atoms with E-state index in [-0.39, 0.29) is 18.6 Å². The summed E-state index contributed by atoms with van der Waals surface area (Å²) in [6, 6.07) is 22.0. The van der Waals surface area contributed by atoms with Crippen molar-refractivity contribution in [2.75, 3.05) is 0 Å². The van der Waals surface area contributed by atoms with Gasteiger partial charge in [-0.1, -0.05) is 54.6 Å². The van der Waals surface area contributed by atoms with Crippen LogP contribution in [-0.4, -0.2) is 15.5 Å². The quantitative estimate of drug-likeness (QED) is 0.499. The number of fused-ring (bicyclic) bond motifs is 2. The zero-order valence-corrected chi connectivity index (χ0v) is 14.8. The van der Waals surface area contributed by atoms with E-state index in [0.717, 1.165) is 33.2 Å². The van der Waals surface area contributed by atoms with E-state index in [1.807, 2.05) is 66.9 Å². The van der Waals surface area contributed by atoms with Crippen LogP contribution < -0.4 is 0 Å². The van der Waals surface area contributed by atoms with Crippen LogP contribution in [0, 0.1) is 6.92 Å². The fourth-order valence-corrected chi connectivity index (χ4v) is 3.43. The lowest BCUT2D eigenvalue weighted by Crippen LogP contribution is -2.16. The van der Waals surface area contributed by atoms with Crippen LogP contribution in [0.1, 0.15) is 24.4 Å². The van der Waals surface area contributed by atoms with E-state index in [1.54, 1.807) is 0 Å². The lowest BCUT2D eigenvalue weighted by Gasteiger charge is -2.16. The highest BCUT2D eigenvalue weighted by molar-refractivity contribution is 5.86. The van der Waals surface area contributed by atoms with Gasteiger partial charge in [-0.05, 0) is 42.3 Å². The molecule has 0 N–H and O–H groups in total. The molecule has 1 atom stereocenters. The Hall–Kier alpha value is -3.14.